The predicted octanol–water partition coefficient (Wildman–Crippen LogP) is 10.7. The molecule has 82 heavy (non-hydrogen) atoms. The van der Waals surface area contributed by atoms with E-state index in [1.165, 1.54) is 7.11 Å². The Morgan fingerprint density at radius 3 is 1.60 bits per heavy atom. The normalized spacial score (nSPS) is 22.3. The first kappa shape index (κ1) is 61.2. The molecule has 2 aliphatic rings. The first-order valence-corrected chi connectivity index (χ1v) is 28.6. The Hall–Kier alpha value is -6.84. The van der Waals surface area contributed by atoms with Crippen LogP contribution in [-0.4, -0.2) is 119 Å². The largest absolute Gasteiger partial charge is 0.497 e. The van der Waals surface area contributed by atoms with Gasteiger partial charge in [-0.05, 0) is 75.4 Å². The highest BCUT2D eigenvalue weighted by Gasteiger charge is 2.56. The van der Waals surface area contributed by atoms with Crippen molar-refractivity contribution in [2.75, 3.05) is 45.5 Å². The molecule has 0 unspecified atom stereocenters. The molecule has 6 aromatic carbocycles. The lowest BCUT2D eigenvalue weighted by molar-refractivity contribution is -0.359. The highest BCUT2D eigenvalue weighted by Crippen LogP contribution is 2.37. The smallest absolute Gasteiger partial charge is 0.407 e. The molecule has 2 saturated heterocycles. The van der Waals surface area contributed by atoms with Gasteiger partial charge in [-0.25, -0.2) is 9.59 Å². The summed E-state index contributed by atoms with van der Waals surface area (Å²) >= 11 is 1.72. The van der Waals surface area contributed by atoms with Crippen molar-refractivity contribution in [1.29, 1.82) is 0 Å². The zero-order chi connectivity index (χ0) is 57.0. The third-order valence-corrected chi connectivity index (χ3v) is 14.7. The van der Waals surface area contributed by atoms with Crippen LogP contribution in [0, 0.1) is 0 Å². The van der Waals surface area contributed by atoms with Crippen molar-refractivity contribution in [3.05, 3.63) is 220 Å². The molecule has 0 saturated carbocycles. The summed E-state index contributed by atoms with van der Waals surface area (Å²) in [5, 5.41) is 7.11. The second-order valence-electron chi connectivity index (χ2n) is 19.4. The van der Waals surface area contributed by atoms with Crippen LogP contribution in [0.15, 0.2) is 181 Å². The third-order valence-electron chi connectivity index (χ3n) is 13.5. The van der Waals surface area contributed by atoms with Crippen LogP contribution in [0.4, 0.5) is 4.79 Å². The summed E-state index contributed by atoms with van der Waals surface area (Å²) < 4.78 is 77.4. The van der Waals surface area contributed by atoms with E-state index in [1.807, 2.05) is 176 Å². The maximum atomic E-state index is 14.2. The third kappa shape index (κ3) is 19.1. The summed E-state index contributed by atoms with van der Waals surface area (Å²) in [6.45, 7) is 1.43. The Kier molecular flexibility index (Phi) is 25.3. The van der Waals surface area contributed by atoms with Crippen molar-refractivity contribution in [2.24, 2.45) is 5.11 Å². The number of ether oxygens (including phenoxy) is 12. The van der Waals surface area contributed by atoms with Crippen molar-refractivity contribution in [1.82, 2.24) is 5.32 Å². The molecule has 0 aliphatic carbocycles. The fraction of sp³-hybridized carbons (Fsp3) is 0.397. The van der Waals surface area contributed by atoms with E-state index in [4.69, 9.17) is 56.8 Å². The summed E-state index contributed by atoms with van der Waals surface area (Å²) in [6.07, 6.45) is -9.41. The van der Waals surface area contributed by atoms with Gasteiger partial charge >= 0.3 is 12.1 Å². The van der Waals surface area contributed by atoms with Crippen molar-refractivity contribution >= 4 is 23.8 Å². The lowest BCUT2D eigenvalue weighted by atomic mass is 9.95. The Balaban J connectivity index is 1.06. The molecule has 0 aromatic heterocycles. The number of thioether (sulfide) groups is 1. The van der Waals surface area contributed by atoms with Crippen molar-refractivity contribution in [2.45, 2.75) is 114 Å². The van der Waals surface area contributed by atoms with Crippen LogP contribution in [0.25, 0.3) is 10.4 Å². The molecule has 6 aromatic rings. The van der Waals surface area contributed by atoms with E-state index in [1.54, 1.807) is 18.9 Å². The molecular formula is C63H72N4O14S. The van der Waals surface area contributed by atoms with Crippen LogP contribution in [0.1, 0.15) is 46.2 Å². The highest BCUT2D eigenvalue weighted by molar-refractivity contribution is 7.99. The van der Waals surface area contributed by atoms with Gasteiger partial charge in [-0.15, -0.1) is 0 Å². The maximum absolute atomic E-state index is 14.2. The zero-order valence-corrected chi connectivity index (χ0v) is 47.0. The fourth-order valence-electron chi connectivity index (χ4n) is 9.31. The first-order valence-electron chi connectivity index (χ1n) is 27.4. The molecular weight excluding hydrogens is 1070 g/mol. The summed E-state index contributed by atoms with van der Waals surface area (Å²) in [4.78, 5) is 29.8. The minimum atomic E-state index is -1.41. The molecule has 2 fully saturated rings. The quantitative estimate of drug-likeness (QED) is 0.0137. The van der Waals surface area contributed by atoms with Crippen LogP contribution in [0.3, 0.4) is 0 Å². The van der Waals surface area contributed by atoms with Crippen LogP contribution in [0.5, 0.6) is 5.75 Å². The first-order chi connectivity index (χ1) is 40.4. The average Bonchev–Trinajstić information content (AvgIpc) is 3.61. The number of hydrogen-bond donors (Lipinski definition) is 1. The molecule has 2 aliphatic heterocycles. The van der Waals surface area contributed by atoms with Gasteiger partial charge in [-0.1, -0.05) is 169 Å². The number of nitrogens with zero attached hydrogens (tertiary/aromatic N) is 3. The van der Waals surface area contributed by atoms with Crippen molar-refractivity contribution < 1.29 is 66.4 Å². The number of amides is 1. The number of hydrogen-bond acceptors (Lipinski definition) is 16. The molecule has 10 atom stereocenters. The standard InChI is InChI=1S/C63H72N4O14S/c1-70-51-32-30-50(31-33-51)42-75-56-57(76-40-47-24-12-5-13-25-47)59(77-41-48-26-14-6-15-27-48)62(81-58(56)60(68)71-2)80-54-52(44-72-38-45-20-8-3-9-21-45)79-61(53(66-67-64)55(54)74-39-46-22-10-4-11-23-46)73-35-19-37-82-36-18-34-65-63(69)78-43-49-28-16-7-17-29-49/h3-17,20-33,52-59,61-62H,18-19,34-44H2,1-2H3,(H,65,69)/t52-,53-,54-,55-,56+,57+,58+,59-,61+,62-/m1/s1. The van der Waals surface area contributed by atoms with Gasteiger partial charge in [-0.2, -0.15) is 11.8 Å². The number of azide groups is 1. The number of alkyl carbamates (subject to hydrolysis) is 1. The molecule has 2 heterocycles. The number of benzene rings is 6. The van der Waals surface area contributed by atoms with Gasteiger partial charge in [0, 0.05) is 11.5 Å². The van der Waals surface area contributed by atoms with Gasteiger partial charge in [0.2, 0.25) is 0 Å². The summed E-state index contributed by atoms with van der Waals surface area (Å²) in [5.41, 5.74) is 15.5. The second-order valence-corrected chi connectivity index (χ2v) is 20.6. The van der Waals surface area contributed by atoms with Crippen LogP contribution in [-0.2, 0) is 96.5 Å². The lowest BCUT2D eigenvalue weighted by Gasteiger charge is -2.49. The Labute approximate surface area is 483 Å². The van der Waals surface area contributed by atoms with E-state index in [9.17, 15) is 15.1 Å². The van der Waals surface area contributed by atoms with Crippen LogP contribution >= 0.6 is 11.8 Å². The van der Waals surface area contributed by atoms with Crippen LogP contribution < -0.4 is 10.1 Å². The van der Waals surface area contributed by atoms with Crippen LogP contribution in [0.2, 0.25) is 0 Å². The number of esters is 1. The summed E-state index contributed by atoms with van der Waals surface area (Å²) in [5.74, 6) is 1.46. The molecule has 0 bridgehead atoms. The highest BCUT2D eigenvalue weighted by atomic mass is 32.2. The molecule has 0 radical (unpaired) electrons. The van der Waals surface area contributed by atoms with Crippen molar-refractivity contribution in [3.63, 3.8) is 0 Å². The number of methoxy groups -OCH3 is 2. The maximum Gasteiger partial charge on any atom is 0.407 e. The van der Waals surface area contributed by atoms with E-state index in [2.05, 4.69) is 15.3 Å². The number of nitrogens with one attached hydrogen (secondary N) is 1. The lowest BCUT2D eigenvalue weighted by Crippen LogP contribution is -2.66. The number of carbonyl (C=O) groups is 2. The molecule has 0 spiro atoms. The SMILES string of the molecule is COC(=O)[C@H]1O[C@@H](O[C@H]2[C@H](OCc3ccccc3)[C@@H](N=[N+]=[N-])[C@@H](OCCCSCCCNC(=O)OCc3ccccc3)O[C@@H]2COCc2ccccc2)[C@H](OCc2ccccc2)[C@@H](OCc2ccccc2)[C@@H]1OCc1ccc(OC)cc1. The van der Waals surface area contributed by atoms with E-state index in [0.717, 1.165) is 51.3 Å². The average molecular weight is 1140 g/mol. The van der Waals surface area contributed by atoms with Gasteiger partial charge < -0.3 is 62.2 Å². The molecule has 1 N–H and O–H groups in total. The monoisotopic (exact) mass is 1140 g/mol. The van der Waals surface area contributed by atoms with E-state index in [0.29, 0.717) is 18.7 Å². The Morgan fingerprint density at radius 1 is 0.549 bits per heavy atom. The van der Waals surface area contributed by atoms with Gasteiger partial charge in [0.25, 0.3) is 0 Å². The molecule has 19 heteroatoms. The molecule has 1 amide bonds. The second kappa shape index (κ2) is 33.9. The van der Waals surface area contributed by atoms with Gasteiger partial charge in [0.1, 0.15) is 55.0 Å². The van der Waals surface area contributed by atoms with E-state index in [-0.39, 0.29) is 52.9 Å². The summed E-state index contributed by atoms with van der Waals surface area (Å²) in [7, 11) is 2.87. The van der Waals surface area contributed by atoms with Gasteiger partial charge in [-0.3, -0.25) is 0 Å². The Bertz CT molecular complexity index is 2810. The van der Waals surface area contributed by atoms with Gasteiger partial charge in [0.15, 0.2) is 18.7 Å². The van der Waals surface area contributed by atoms with E-state index < -0.39 is 73.4 Å². The molecule has 18 nitrogen and oxygen atoms in total. The minimum Gasteiger partial charge on any atom is -0.497 e. The van der Waals surface area contributed by atoms with E-state index >= 15 is 0 Å². The zero-order valence-electron chi connectivity index (χ0n) is 46.2. The number of rotatable bonds is 32. The topological polar surface area (TPSA) is 206 Å². The molecule has 434 valence electrons. The Morgan fingerprint density at radius 2 is 1.05 bits per heavy atom. The predicted molar refractivity (Wildman–Crippen MR) is 307 cm³/mol. The molecule has 8 rings (SSSR count). The van der Waals surface area contributed by atoms with Crippen molar-refractivity contribution in [3.8, 4) is 5.75 Å². The fourth-order valence-corrected chi connectivity index (χ4v) is 10.2. The van der Waals surface area contributed by atoms with Gasteiger partial charge in [0.05, 0.1) is 60.5 Å². The minimum absolute atomic E-state index is 0.0402. The summed E-state index contributed by atoms with van der Waals surface area (Å²) in [6, 6.07) is 54.3. The number of carbonyl (C=O) groups excluding carboxylic acids is 2.